The summed E-state index contributed by atoms with van der Waals surface area (Å²) in [6.07, 6.45) is 4.05. The first-order chi connectivity index (χ1) is 10.6. The molecule has 112 valence electrons. The molecule has 0 unspecified atom stereocenters. The number of aromatic nitrogens is 2. The molecule has 22 heavy (non-hydrogen) atoms. The van der Waals surface area contributed by atoms with Gasteiger partial charge in [0.2, 0.25) is 5.91 Å². The maximum absolute atomic E-state index is 12.9. The van der Waals surface area contributed by atoms with Crippen molar-refractivity contribution < 1.29 is 9.59 Å². The molecule has 2 heterocycles. The van der Waals surface area contributed by atoms with Crippen LogP contribution in [0.15, 0.2) is 18.2 Å². The second-order valence-corrected chi connectivity index (χ2v) is 5.79. The third-order valence-electron chi connectivity index (χ3n) is 4.42. The van der Waals surface area contributed by atoms with E-state index < -0.39 is 0 Å². The lowest BCUT2D eigenvalue weighted by molar-refractivity contribution is -0.115. The minimum atomic E-state index is -0.205. The van der Waals surface area contributed by atoms with E-state index in [0.717, 1.165) is 42.5 Å². The molecule has 0 atom stereocenters. The number of rotatable bonds is 1. The van der Waals surface area contributed by atoms with Gasteiger partial charge < -0.3 is 11.1 Å². The van der Waals surface area contributed by atoms with E-state index in [2.05, 4.69) is 10.4 Å². The third-order valence-corrected chi connectivity index (χ3v) is 4.42. The Morgan fingerprint density at radius 1 is 1.23 bits per heavy atom. The van der Waals surface area contributed by atoms with Crippen LogP contribution in [0.3, 0.4) is 0 Å². The molecule has 3 N–H and O–H groups in total. The minimum absolute atomic E-state index is 0.0859. The Balaban J connectivity index is 1.81. The van der Waals surface area contributed by atoms with Gasteiger partial charge in [-0.2, -0.15) is 4.68 Å². The second kappa shape index (κ2) is 4.69. The zero-order chi connectivity index (χ0) is 15.3. The fraction of sp³-hybridized carbons (Fsp3) is 0.312. The van der Waals surface area contributed by atoms with Gasteiger partial charge in [-0.1, -0.05) is 6.07 Å². The van der Waals surface area contributed by atoms with E-state index in [1.54, 1.807) is 12.1 Å². The van der Waals surface area contributed by atoms with Gasteiger partial charge in [-0.3, -0.25) is 9.59 Å². The molecule has 0 fully saturated rings. The Morgan fingerprint density at radius 3 is 2.91 bits per heavy atom. The molecular weight excluding hydrogens is 280 g/mol. The summed E-state index contributed by atoms with van der Waals surface area (Å²) in [7, 11) is 0. The van der Waals surface area contributed by atoms with Gasteiger partial charge in [0.15, 0.2) is 0 Å². The molecule has 6 nitrogen and oxygen atoms in total. The molecule has 4 rings (SSSR count). The number of hydrogen-bond acceptors (Lipinski definition) is 4. The maximum Gasteiger partial charge on any atom is 0.278 e. The van der Waals surface area contributed by atoms with Gasteiger partial charge >= 0.3 is 0 Å². The van der Waals surface area contributed by atoms with E-state index in [1.165, 1.54) is 4.68 Å². The number of benzene rings is 1. The molecule has 2 aromatic rings. The lowest BCUT2D eigenvalue weighted by Crippen LogP contribution is -2.19. The Morgan fingerprint density at radius 2 is 2.05 bits per heavy atom. The van der Waals surface area contributed by atoms with Crippen molar-refractivity contribution in [1.29, 1.82) is 0 Å². The summed E-state index contributed by atoms with van der Waals surface area (Å²) < 4.78 is 1.43. The number of hydrogen-bond donors (Lipinski definition) is 2. The van der Waals surface area contributed by atoms with Crippen LogP contribution in [-0.2, 0) is 24.1 Å². The lowest BCUT2D eigenvalue weighted by Gasteiger charge is -2.13. The minimum Gasteiger partial charge on any atom is -0.382 e. The van der Waals surface area contributed by atoms with Gasteiger partial charge in [0.25, 0.3) is 5.91 Å². The number of nitrogens with two attached hydrogens (primary N) is 1. The highest BCUT2D eigenvalue weighted by Crippen LogP contribution is 2.30. The van der Waals surface area contributed by atoms with Crippen LogP contribution in [0.1, 0.15) is 40.0 Å². The molecule has 1 aromatic heterocycles. The van der Waals surface area contributed by atoms with E-state index >= 15 is 0 Å². The standard InChI is InChI=1S/C16H16N4O2/c17-15-10-4-1-2-7-13(10)20(19-15)16(22)9-5-3-6-12-11(9)8-14(21)18-12/h3,5-6H,1-2,4,7-8H2,(H2,17,19)(H,18,21). The van der Waals surface area contributed by atoms with E-state index in [4.69, 9.17) is 5.73 Å². The van der Waals surface area contributed by atoms with E-state index in [9.17, 15) is 9.59 Å². The number of fused-ring (bicyclic) bond motifs is 2. The van der Waals surface area contributed by atoms with Crippen LogP contribution in [0.25, 0.3) is 0 Å². The number of carbonyl (C=O) groups excluding carboxylic acids is 2. The monoisotopic (exact) mass is 296 g/mol. The average Bonchev–Trinajstić information content (AvgIpc) is 3.06. The van der Waals surface area contributed by atoms with Gasteiger partial charge in [-0.25, -0.2) is 0 Å². The molecule has 0 saturated heterocycles. The molecule has 0 bridgehead atoms. The summed E-state index contributed by atoms with van der Waals surface area (Å²) in [6.45, 7) is 0. The summed E-state index contributed by atoms with van der Waals surface area (Å²) >= 11 is 0. The smallest absolute Gasteiger partial charge is 0.278 e. The largest absolute Gasteiger partial charge is 0.382 e. The first kappa shape index (κ1) is 13.1. The molecule has 0 saturated carbocycles. The highest BCUT2D eigenvalue weighted by molar-refractivity contribution is 6.06. The summed E-state index contributed by atoms with van der Waals surface area (Å²) in [5, 5.41) is 7.02. The quantitative estimate of drug-likeness (QED) is 0.835. The number of anilines is 2. The number of nitrogen functional groups attached to an aromatic ring is 1. The summed E-state index contributed by atoms with van der Waals surface area (Å²) in [5.74, 6) is 0.158. The van der Waals surface area contributed by atoms with Crippen molar-refractivity contribution >= 4 is 23.3 Å². The molecule has 1 amide bonds. The van der Waals surface area contributed by atoms with Gasteiger partial charge in [-0.05, 0) is 43.4 Å². The third kappa shape index (κ3) is 1.83. The molecule has 1 aliphatic carbocycles. The molecule has 1 aliphatic heterocycles. The van der Waals surface area contributed by atoms with Crippen LogP contribution in [0.2, 0.25) is 0 Å². The van der Waals surface area contributed by atoms with Crippen LogP contribution >= 0.6 is 0 Å². The summed E-state index contributed by atoms with van der Waals surface area (Å²) in [4.78, 5) is 24.5. The fourth-order valence-corrected chi connectivity index (χ4v) is 3.36. The van der Waals surface area contributed by atoms with Gasteiger partial charge in [0, 0.05) is 16.8 Å². The van der Waals surface area contributed by atoms with Gasteiger partial charge in [0.05, 0.1) is 12.1 Å². The van der Waals surface area contributed by atoms with Crippen LogP contribution in [0.4, 0.5) is 11.5 Å². The van der Waals surface area contributed by atoms with E-state index in [1.807, 2.05) is 6.07 Å². The van der Waals surface area contributed by atoms with Crippen molar-refractivity contribution in [3.63, 3.8) is 0 Å². The topological polar surface area (TPSA) is 90.0 Å². The van der Waals surface area contributed by atoms with E-state index in [0.29, 0.717) is 17.1 Å². The normalized spacial score (nSPS) is 16.1. The van der Waals surface area contributed by atoms with Crippen LogP contribution < -0.4 is 11.1 Å². The second-order valence-electron chi connectivity index (χ2n) is 5.79. The highest BCUT2D eigenvalue weighted by Gasteiger charge is 2.28. The first-order valence-electron chi connectivity index (χ1n) is 7.48. The Bertz CT molecular complexity index is 807. The van der Waals surface area contributed by atoms with Crippen molar-refractivity contribution in [1.82, 2.24) is 9.78 Å². The van der Waals surface area contributed by atoms with E-state index in [-0.39, 0.29) is 18.2 Å². The van der Waals surface area contributed by atoms with Crippen molar-refractivity contribution in [2.45, 2.75) is 32.1 Å². The van der Waals surface area contributed by atoms with Gasteiger partial charge in [0.1, 0.15) is 5.82 Å². The lowest BCUT2D eigenvalue weighted by atomic mass is 9.97. The highest BCUT2D eigenvalue weighted by atomic mass is 16.2. The molecule has 1 aromatic carbocycles. The van der Waals surface area contributed by atoms with Crippen molar-refractivity contribution in [2.24, 2.45) is 0 Å². The van der Waals surface area contributed by atoms with Crippen molar-refractivity contribution in [3.05, 3.63) is 40.6 Å². The van der Waals surface area contributed by atoms with Crippen LogP contribution in [0.5, 0.6) is 0 Å². The Hall–Kier alpha value is -2.63. The van der Waals surface area contributed by atoms with Crippen molar-refractivity contribution in [3.8, 4) is 0 Å². The first-order valence-corrected chi connectivity index (χ1v) is 7.48. The number of nitrogens with zero attached hydrogens (tertiary/aromatic N) is 2. The predicted octanol–water partition coefficient (Wildman–Crippen LogP) is 1.53. The maximum atomic E-state index is 12.9. The van der Waals surface area contributed by atoms with Crippen molar-refractivity contribution in [2.75, 3.05) is 11.1 Å². The Labute approximate surface area is 127 Å². The fourth-order valence-electron chi connectivity index (χ4n) is 3.36. The number of nitrogens with one attached hydrogen (secondary N) is 1. The van der Waals surface area contributed by atoms with Crippen LogP contribution in [0, 0.1) is 0 Å². The zero-order valence-corrected chi connectivity index (χ0v) is 12.1. The average molecular weight is 296 g/mol. The molecule has 6 heteroatoms. The molecule has 0 spiro atoms. The van der Waals surface area contributed by atoms with Crippen LogP contribution in [-0.4, -0.2) is 21.6 Å². The zero-order valence-electron chi connectivity index (χ0n) is 12.1. The molecule has 2 aliphatic rings. The summed E-state index contributed by atoms with van der Waals surface area (Å²) in [5.41, 5.74) is 9.86. The summed E-state index contributed by atoms with van der Waals surface area (Å²) in [6, 6.07) is 5.33. The number of carbonyl (C=O) groups is 2. The SMILES string of the molecule is Nc1nn(C(=O)c2cccc3c2CC(=O)N3)c2c1CCCC2. The molecular formula is C16H16N4O2. The van der Waals surface area contributed by atoms with Gasteiger partial charge in [-0.15, -0.1) is 5.10 Å². The Kier molecular flexibility index (Phi) is 2.79. The predicted molar refractivity (Wildman–Crippen MR) is 81.8 cm³/mol. The number of amides is 1. The molecule has 0 radical (unpaired) electrons.